The van der Waals surface area contributed by atoms with E-state index < -0.39 is 0 Å². The Kier molecular flexibility index (Phi) is 5.92. The molecule has 0 aliphatic rings. The molecule has 5 aromatic rings. The summed E-state index contributed by atoms with van der Waals surface area (Å²) in [6, 6.07) is 22.5. The molecule has 0 bridgehead atoms. The molecular formula is C28H25BrN4O. The summed E-state index contributed by atoms with van der Waals surface area (Å²) >= 11 is 3.46. The number of aryl methyl sites for hydroxylation is 2. The van der Waals surface area contributed by atoms with E-state index in [4.69, 9.17) is 0 Å². The van der Waals surface area contributed by atoms with E-state index in [9.17, 15) is 4.79 Å². The van der Waals surface area contributed by atoms with Crippen molar-refractivity contribution < 1.29 is 0 Å². The van der Waals surface area contributed by atoms with Crippen LogP contribution in [0.2, 0.25) is 0 Å². The number of aromatic nitrogens is 3. The maximum atomic E-state index is 13.3. The number of hydrogen-bond acceptors (Lipinski definition) is 3. The highest BCUT2D eigenvalue weighted by molar-refractivity contribution is 9.10. The van der Waals surface area contributed by atoms with Crippen LogP contribution >= 0.6 is 15.9 Å². The molecule has 2 aromatic heterocycles. The minimum Gasteiger partial charge on any atom is -0.340 e. The van der Waals surface area contributed by atoms with Gasteiger partial charge >= 0.3 is 0 Å². The lowest BCUT2D eigenvalue weighted by atomic mass is 10.1. The van der Waals surface area contributed by atoms with Crippen LogP contribution < -0.4 is 5.56 Å². The second-order valence-corrected chi connectivity index (χ2v) is 9.41. The van der Waals surface area contributed by atoms with Crippen LogP contribution in [0.1, 0.15) is 35.1 Å². The van der Waals surface area contributed by atoms with Gasteiger partial charge in [-0.25, -0.2) is 4.98 Å². The fourth-order valence-corrected chi connectivity index (χ4v) is 4.84. The second kappa shape index (κ2) is 9.03. The van der Waals surface area contributed by atoms with Crippen molar-refractivity contribution in [3.63, 3.8) is 0 Å². The smallest absolute Gasteiger partial charge is 0.282 e. The van der Waals surface area contributed by atoms with Crippen LogP contribution in [0.15, 0.2) is 81.1 Å². The summed E-state index contributed by atoms with van der Waals surface area (Å²) in [4.78, 5) is 18.0. The maximum absolute atomic E-state index is 13.3. The molecule has 5 rings (SSSR count). The number of hydrogen-bond donors (Lipinski definition) is 0. The van der Waals surface area contributed by atoms with Crippen LogP contribution in [0.25, 0.3) is 21.8 Å². The molecule has 0 aliphatic heterocycles. The Morgan fingerprint density at radius 3 is 2.62 bits per heavy atom. The lowest BCUT2D eigenvalue weighted by Crippen LogP contribution is -2.22. The Bertz CT molecular complexity index is 1630. The molecular weight excluding hydrogens is 488 g/mol. The van der Waals surface area contributed by atoms with Crippen molar-refractivity contribution in [1.82, 2.24) is 14.2 Å². The van der Waals surface area contributed by atoms with Gasteiger partial charge in [-0.2, -0.15) is 9.78 Å². The first-order valence-corrected chi connectivity index (χ1v) is 12.1. The topological polar surface area (TPSA) is 52.2 Å². The molecule has 0 unspecified atom stereocenters. The molecule has 170 valence electrons. The number of halogens is 1. The molecule has 0 atom stereocenters. The highest BCUT2D eigenvalue weighted by atomic mass is 79.9. The van der Waals surface area contributed by atoms with E-state index in [-0.39, 0.29) is 5.56 Å². The first-order chi connectivity index (χ1) is 16.5. The quantitative estimate of drug-likeness (QED) is 0.262. The monoisotopic (exact) mass is 512 g/mol. The fraction of sp³-hybridized carbons (Fsp3) is 0.179. The van der Waals surface area contributed by atoms with Crippen LogP contribution in [-0.4, -0.2) is 20.4 Å². The Labute approximate surface area is 206 Å². The zero-order valence-corrected chi connectivity index (χ0v) is 21.0. The molecule has 0 radical (unpaired) electrons. The summed E-state index contributed by atoms with van der Waals surface area (Å²) in [5, 5.41) is 6.31. The van der Waals surface area contributed by atoms with E-state index >= 15 is 0 Å². The number of rotatable bonds is 5. The van der Waals surface area contributed by atoms with Gasteiger partial charge in [-0.05, 0) is 43.7 Å². The van der Waals surface area contributed by atoms with E-state index in [1.54, 1.807) is 12.3 Å². The Morgan fingerprint density at radius 2 is 1.82 bits per heavy atom. The van der Waals surface area contributed by atoms with Gasteiger partial charge in [0.25, 0.3) is 5.56 Å². The van der Waals surface area contributed by atoms with Crippen molar-refractivity contribution in [2.24, 2.45) is 5.10 Å². The predicted molar refractivity (Wildman–Crippen MR) is 143 cm³/mol. The van der Waals surface area contributed by atoms with Crippen molar-refractivity contribution in [3.8, 4) is 0 Å². The van der Waals surface area contributed by atoms with Gasteiger partial charge < -0.3 is 4.57 Å². The van der Waals surface area contributed by atoms with Gasteiger partial charge in [0.1, 0.15) is 5.82 Å². The maximum Gasteiger partial charge on any atom is 0.282 e. The van der Waals surface area contributed by atoms with E-state index in [0.717, 1.165) is 33.2 Å². The van der Waals surface area contributed by atoms with Gasteiger partial charge in [0.05, 0.1) is 17.1 Å². The van der Waals surface area contributed by atoms with Gasteiger partial charge in [0, 0.05) is 39.6 Å². The van der Waals surface area contributed by atoms with E-state index in [0.29, 0.717) is 23.1 Å². The summed E-state index contributed by atoms with van der Waals surface area (Å²) in [5.41, 5.74) is 6.27. The van der Waals surface area contributed by atoms with Crippen molar-refractivity contribution in [3.05, 3.63) is 110 Å². The number of fused-ring (bicyclic) bond motifs is 2. The molecule has 0 fully saturated rings. The van der Waals surface area contributed by atoms with Crippen LogP contribution in [0, 0.1) is 13.8 Å². The van der Waals surface area contributed by atoms with E-state index in [1.165, 1.54) is 15.8 Å². The number of para-hydroxylation sites is 1. The lowest BCUT2D eigenvalue weighted by molar-refractivity contribution is 0.734. The van der Waals surface area contributed by atoms with Crippen LogP contribution in [0.5, 0.6) is 0 Å². The molecule has 5 nitrogen and oxygen atoms in total. The van der Waals surface area contributed by atoms with Crippen molar-refractivity contribution in [1.29, 1.82) is 0 Å². The second-order valence-electron chi connectivity index (χ2n) is 8.50. The van der Waals surface area contributed by atoms with E-state index in [2.05, 4.69) is 86.9 Å². The molecule has 0 saturated heterocycles. The van der Waals surface area contributed by atoms with Gasteiger partial charge in [-0.3, -0.25) is 4.79 Å². The largest absolute Gasteiger partial charge is 0.340 e. The third kappa shape index (κ3) is 3.99. The zero-order chi connectivity index (χ0) is 23.8. The summed E-state index contributed by atoms with van der Waals surface area (Å²) in [7, 11) is 0. The van der Waals surface area contributed by atoms with E-state index in [1.807, 2.05) is 25.1 Å². The third-order valence-electron chi connectivity index (χ3n) is 6.20. The average Bonchev–Trinajstić information content (AvgIpc) is 3.09. The minimum atomic E-state index is -0.166. The van der Waals surface area contributed by atoms with Crippen LogP contribution in [0.3, 0.4) is 0 Å². The van der Waals surface area contributed by atoms with Crippen LogP contribution in [-0.2, 0) is 13.0 Å². The SMILES string of the molecule is CCc1nc2ccc(Br)cc2c(=O)n1N=Cc1c(C)n(Cc2cccc(C)c2)c2ccccc12. The summed E-state index contributed by atoms with van der Waals surface area (Å²) in [5.74, 6) is 0.636. The van der Waals surface area contributed by atoms with Crippen LogP contribution in [0.4, 0.5) is 0 Å². The molecule has 0 N–H and O–H groups in total. The normalized spacial score (nSPS) is 11.8. The highest BCUT2D eigenvalue weighted by Crippen LogP contribution is 2.26. The Balaban J connectivity index is 1.64. The molecule has 0 spiro atoms. The fourth-order valence-electron chi connectivity index (χ4n) is 4.48. The van der Waals surface area contributed by atoms with Crippen molar-refractivity contribution >= 4 is 44.0 Å². The minimum absolute atomic E-state index is 0.166. The molecule has 0 aliphatic carbocycles. The molecule has 0 saturated carbocycles. The first kappa shape index (κ1) is 22.3. The molecule has 3 aromatic carbocycles. The molecule has 2 heterocycles. The molecule has 0 amide bonds. The Hall–Kier alpha value is -3.51. The van der Waals surface area contributed by atoms with Crippen molar-refractivity contribution in [2.75, 3.05) is 0 Å². The third-order valence-corrected chi connectivity index (χ3v) is 6.69. The van der Waals surface area contributed by atoms with Gasteiger partial charge in [0.15, 0.2) is 0 Å². The predicted octanol–water partition coefficient (Wildman–Crippen LogP) is 6.22. The van der Waals surface area contributed by atoms with Crippen molar-refractivity contribution in [2.45, 2.75) is 33.7 Å². The lowest BCUT2D eigenvalue weighted by Gasteiger charge is -2.10. The summed E-state index contributed by atoms with van der Waals surface area (Å²) in [6.45, 7) is 6.98. The zero-order valence-electron chi connectivity index (χ0n) is 19.4. The molecule has 34 heavy (non-hydrogen) atoms. The van der Waals surface area contributed by atoms with Gasteiger partial charge in [-0.15, -0.1) is 0 Å². The summed E-state index contributed by atoms with van der Waals surface area (Å²) < 4.78 is 4.58. The Morgan fingerprint density at radius 1 is 1.00 bits per heavy atom. The van der Waals surface area contributed by atoms with Gasteiger partial charge in [0.2, 0.25) is 0 Å². The standard InChI is InChI=1S/C28H25BrN4O/c1-4-27-31-25-13-12-21(29)15-23(25)28(34)33(27)30-16-24-19(3)32(26-11-6-5-10-22(24)26)17-20-9-7-8-18(2)14-20/h5-16H,4,17H2,1-3H3. The van der Waals surface area contributed by atoms with Gasteiger partial charge in [-0.1, -0.05) is 70.9 Å². The number of benzene rings is 3. The number of nitrogens with zero attached hydrogens (tertiary/aromatic N) is 4. The molecule has 6 heteroatoms. The first-order valence-electron chi connectivity index (χ1n) is 11.3. The average molecular weight is 513 g/mol. The summed E-state index contributed by atoms with van der Waals surface area (Å²) in [6.07, 6.45) is 2.41. The highest BCUT2D eigenvalue weighted by Gasteiger charge is 2.14.